The number of nitro groups is 1. The van der Waals surface area contributed by atoms with Gasteiger partial charge in [0, 0.05) is 24.1 Å². The number of thioether (sulfide) groups is 1. The van der Waals surface area contributed by atoms with E-state index >= 15 is 0 Å². The second-order valence-corrected chi connectivity index (χ2v) is 5.97. The van der Waals surface area contributed by atoms with Crippen LogP contribution in [0.15, 0.2) is 18.2 Å². The first kappa shape index (κ1) is 13.7. The Bertz CT molecular complexity index is 533. The number of hydrogen-bond donors (Lipinski definition) is 0. The summed E-state index contributed by atoms with van der Waals surface area (Å²) in [4.78, 5) is 10.4. The Morgan fingerprint density at radius 1 is 1.63 bits per heavy atom. The molecule has 1 aromatic rings. The third kappa shape index (κ3) is 2.82. The van der Waals surface area contributed by atoms with E-state index in [0.717, 1.165) is 24.2 Å². The number of nitro benzene ring substituents is 1. The van der Waals surface area contributed by atoms with Crippen LogP contribution in [0.4, 0.5) is 5.69 Å². The van der Waals surface area contributed by atoms with E-state index in [-0.39, 0.29) is 5.69 Å². The number of nitrogens with zero attached hydrogens (tertiary/aromatic N) is 2. The molecule has 1 atom stereocenters. The van der Waals surface area contributed by atoms with Gasteiger partial charge in [-0.1, -0.05) is 0 Å². The summed E-state index contributed by atoms with van der Waals surface area (Å²) in [6, 6.07) is 6.89. The van der Waals surface area contributed by atoms with Crippen molar-refractivity contribution in [3.8, 4) is 11.8 Å². The number of non-ortho nitro benzene ring substituents is 1. The Kier molecular flexibility index (Phi) is 3.96. The molecule has 0 spiro atoms. The second-order valence-electron chi connectivity index (χ2n) is 4.49. The van der Waals surface area contributed by atoms with Crippen LogP contribution in [0.2, 0.25) is 0 Å². The van der Waals surface area contributed by atoms with Crippen LogP contribution in [0.3, 0.4) is 0 Å². The van der Waals surface area contributed by atoms with Gasteiger partial charge in [-0.2, -0.15) is 5.26 Å². The van der Waals surface area contributed by atoms with Gasteiger partial charge < -0.3 is 4.74 Å². The van der Waals surface area contributed by atoms with Gasteiger partial charge in [-0.15, -0.1) is 11.8 Å². The van der Waals surface area contributed by atoms with Crippen molar-refractivity contribution in [2.45, 2.75) is 24.0 Å². The van der Waals surface area contributed by atoms with E-state index in [0.29, 0.717) is 12.2 Å². The van der Waals surface area contributed by atoms with Crippen molar-refractivity contribution in [1.29, 1.82) is 5.26 Å². The van der Waals surface area contributed by atoms with Gasteiger partial charge in [-0.05, 0) is 24.7 Å². The van der Waals surface area contributed by atoms with E-state index in [1.807, 2.05) is 0 Å². The predicted octanol–water partition coefficient (Wildman–Crippen LogP) is 2.94. The molecule has 1 heterocycles. The first-order chi connectivity index (χ1) is 9.10. The molecule has 1 unspecified atom stereocenters. The minimum Gasteiger partial charge on any atom is -0.496 e. The molecule has 5 nitrogen and oxygen atoms in total. The van der Waals surface area contributed by atoms with E-state index in [1.54, 1.807) is 17.8 Å². The van der Waals surface area contributed by atoms with E-state index in [1.165, 1.54) is 19.2 Å². The molecule has 100 valence electrons. The van der Waals surface area contributed by atoms with Crippen molar-refractivity contribution < 1.29 is 9.66 Å². The highest BCUT2D eigenvalue weighted by Gasteiger charge is 2.36. The molecule has 1 aliphatic heterocycles. The highest BCUT2D eigenvalue weighted by atomic mass is 32.2. The fourth-order valence-electron chi connectivity index (χ4n) is 2.29. The highest BCUT2D eigenvalue weighted by Crippen LogP contribution is 2.42. The number of rotatable bonds is 4. The number of nitriles is 1. The number of benzene rings is 1. The molecule has 1 aliphatic rings. The zero-order valence-electron chi connectivity index (χ0n) is 10.6. The van der Waals surface area contributed by atoms with Gasteiger partial charge in [0.15, 0.2) is 0 Å². The lowest BCUT2D eigenvalue weighted by molar-refractivity contribution is -0.384. The van der Waals surface area contributed by atoms with Crippen LogP contribution in [0.1, 0.15) is 18.4 Å². The lowest BCUT2D eigenvalue weighted by Crippen LogP contribution is -2.22. The van der Waals surface area contributed by atoms with E-state index in [2.05, 4.69) is 6.07 Å². The molecule has 0 N–H and O–H groups in total. The Hall–Kier alpha value is -1.74. The summed E-state index contributed by atoms with van der Waals surface area (Å²) in [5.41, 5.74) is 0.763. The molecule has 1 fully saturated rings. The Balaban J connectivity index is 2.34. The summed E-state index contributed by atoms with van der Waals surface area (Å²) >= 11 is 1.63. The molecule has 0 radical (unpaired) electrons. The molecule has 0 aromatic heterocycles. The van der Waals surface area contributed by atoms with Gasteiger partial charge in [0.1, 0.15) is 10.5 Å². The quantitative estimate of drug-likeness (QED) is 0.625. The normalized spacial score (nSPS) is 21.9. The maximum atomic E-state index is 10.8. The minimum atomic E-state index is -0.470. The first-order valence-electron chi connectivity index (χ1n) is 5.97. The van der Waals surface area contributed by atoms with Gasteiger partial charge in [0.25, 0.3) is 5.69 Å². The van der Waals surface area contributed by atoms with Crippen LogP contribution in [0.25, 0.3) is 0 Å². The van der Waals surface area contributed by atoms with Crippen LogP contribution in [-0.2, 0) is 6.42 Å². The summed E-state index contributed by atoms with van der Waals surface area (Å²) in [5, 5.41) is 20.2. The van der Waals surface area contributed by atoms with Crippen molar-refractivity contribution >= 4 is 17.4 Å². The smallest absolute Gasteiger partial charge is 0.269 e. The van der Waals surface area contributed by atoms with Crippen LogP contribution in [0.5, 0.6) is 5.75 Å². The third-order valence-corrected chi connectivity index (χ3v) is 4.74. The highest BCUT2D eigenvalue weighted by molar-refractivity contribution is 8.01. The van der Waals surface area contributed by atoms with Gasteiger partial charge >= 0.3 is 0 Å². The van der Waals surface area contributed by atoms with Crippen molar-refractivity contribution in [3.63, 3.8) is 0 Å². The monoisotopic (exact) mass is 278 g/mol. The molecule has 2 rings (SSSR count). The topological polar surface area (TPSA) is 76.2 Å². The number of hydrogen-bond acceptors (Lipinski definition) is 5. The molecule has 19 heavy (non-hydrogen) atoms. The Morgan fingerprint density at radius 2 is 2.42 bits per heavy atom. The van der Waals surface area contributed by atoms with Crippen molar-refractivity contribution in [2.24, 2.45) is 0 Å². The van der Waals surface area contributed by atoms with Crippen LogP contribution in [0, 0.1) is 21.4 Å². The molecule has 1 saturated heterocycles. The standard InChI is InChI=1S/C13H14N2O3S/c1-18-12-4-3-11(15(16)17)7-10(12)8-13(9-14)5-2-6-19-13/h3-4,7H,2,5-6,8H2,1H3. The van der Waals surface area contributed by atoms with Gasteiger partial charge in [-0.3, -0.25) is 10.1 Å². The van der Waals surface area contributed by atoms with Crippen molar-refractivity contribution in [1.82, 2.24) is 0 Å². The predicted molar refractivity (Wildman–Crippen MR) is 73.4 cm³/mol. The van der Waals surface area contributed by atoms with E-state index in [9.17, 15) is 15.4 Å². The van der Waals surface area contributed by atoms with Crippen LogP contribution >= 0.6 is 11.8 Å². The largest absolute Gasteiger partial charge is 0.496 e. The maximum absolute atomic E-state index is 10.8. The average Bonchev–Trinajstić information content (AvgIpc) is 2.87. The summed E-state index contributed by atoms with van der Waals surface area (Å²) in [5.74, 6) is 1.57. The molecule has 0 amide bonds. The average molecular weight is 278 g/mol. The molecular formula is C13H14N2O3S. The zero-order valence-corrected chi connectivity index (χ0v) is 11.4. The van der Waals surface area contributed by atoms with Gasteiger partial charge in [0.2, 0.25) is 0 Å². The first-order valence-corrected chi connectivity index (χ1v) is 6.95. The summed E-state index contributed by atoms with van der Waals surface area (Å²) in [6.45, 7) is 0. The Morgan fingerprint density at radius 3 is 2.95 bits per heavy atom. The van der Waals surface area contributed by atoms with E-state index < -0.39 is 9.67 Å². The zero-order chi connectivity index (χ0) is 13.9. The minimum absolute atomic E-state index is 0.0342. The summed E-state index contributed by atoms with van der Waals surface area (Å²) < 4.78 is 4.77. The molecule has 6 heteroatoms. The van der Waals surface area contributed by atoms with Crippen molar-refractivity contribution in [2.75, 3.05) is 12.9 Å². The molecule has 1 aromatic carbocycles. The SMILES string of the molecule is COc1ccc([N+](=O)[O-])cc1CC1(C#N)CCCS1. The molecule has 0 aliphatic carbocycles. The molecule has 0 bridgehead atoms. The summed E-state index contributed by atoms with van der Waals surface area (Å²) in [7, 11) is 1.53. The van der Waals surface area contributed by atoms with Crippen LogP contribution in [-0.4, -0.2) is 22.5 Å². The maximum Gasteiger partial charge on any atom is 0.269 e. The van der Waals surface area contributed by atoms with E-state index in [4.69, 9.17) is 4.74 Å². The second kappa shape index (κ2) is 5.49. The lowest BCUT2D eigenvalue weighted by Gasteiger charge is -2.20. The number of ether oxygens (including phenoxy) is 1. The molecular weight excluding hydrogens is 264 g/mol. The fourth-order valence-corrected chi connectivity index (χ4v) is 3.58. The molecule has 0 saturated carbocycles. The van der Waals surface area contributed by atoms with Crippen molar-refractivity contribution in [3.05, 3.63) is 33.9 Å². The number of methoxy groups -OCH3 is 1. The fraction of sp³-hybridized carbons (Fsp3) is 0.462. The van der Waals surface area contributed by atoms with Gasteiger partial charge in [0.05, 0.1) is 18.1 Å². The Labute approximate surface area is 115 Å². The lowest BCUT2D eigenvalue weighted by atomic mass is 9.95. The summed E-state index contributed by atoms with van der Waals surface area (Å²) in [6.07, 6.45) is 2.31. The van der Waals surface area contributed by atoms with Crippen LogP contribution < -0.4 is 4.74 Å². The van der Waals surface area contributed by atoms with Gasteiger partial charge in [-0.25, -0.2) is 0 Å². The third-order valence-electron chi connectivity index (χ3n) is 3.26.